The molecule has 0 atom stereocenters. The van der Waals surface area contributed by atoms with Gasteiger partial charge >= 0.3 is 9.28 Å². The van der Waals surface area contributed by atoms with E-state index in [0.717, 1.165) is 6.04 Å². The maximum absolute atomic E-state index is 6.28. The molecule has 0 saturated carbocycles. The van der Waals surface area contributed by atoms with Crippen LogP contribution in [-0.2, 0) is 8.23 Å². The fourth-order valence-electron chi connectivity index (χ4n) is 1.40. The zero-order valence-electron chi connectivity index (χ0n) is 12.6. The summed E-state index contributed by atoms with van der Waals surface area (Å²) in [6, 6.07) is 1.11. The fraction of sp³-hybridized carbons (Fsp3) is 1.00. The lowest BCUT2D eigenvalue weighted by Crippen LogP contribution is -2.44. The second-order valence-corrected chi connectivity index (χ2v) is 19.3. The molecule has 16 heavy (non-hydrogen) atoms. The minimum atomic E-state index is -1.49. The third kappa shape index (κ3) is 11.1. The molecular weight excluding hydrogens is 248 g/mol. The van der Waals surface area contributed by atoms with Gasteiger partial charge in [0, 0.05) is 0 Å². The molecule has 0 aliphatic heterocycles. The molecule has 0 spiro atoms. The molecule has 0 aliphatic rings. The molecule has 0 bridgehead atoms. The van der Waals surface area contributed by atoms with Gasteiger partial charge in [-0.3, -0.25) is 0 Å². The van der Waals surface area contributed by atoms with Gasteiger partial charge in [-0.2, -0.15) is 0 Å². The summed E-state index contributed by atoms with van der Waals surface area (Å²) in [6.07, 6.45) is 0. The highest BCUT2D eigenvalue weighted by Gasteiger charge is 2.31. The van der Waals surface area contributed by atoms with E-state index in [1.807, 2.05) is 0 Å². The van der Waals surface area contributed by atoms with Gasteiger partial charge in [0.15, 0.2) is 16.6 Å². The molecule has 0 rings (SSSR count). The SMILES string of the molecule is CC(C)(C)C[SiH](O[Si](C)(C)C)O[Si](C)(C)C. The van der Waals surface area contributed by atoms with Crippen LogP contribution in [0.3, 0.4) is 0 Å². The normalized spacial score (nSPS) is 14.6. The Kier molecular flexibility index (Phi) is 5.67. The van der Waals surface area contributed by atoms with Crippen LogP contribution in [0.15, 0.2) is 0 Å². The van der Waals surface area contributed by atoms with Crippen LogP contribution in [0.25, 0.3) is 0 Å². The van der Waals surface area contributed by atoms with Gasteiger partial charge in [0.2, 0.25) is 0 Å². The van der Waals surface area contributed by atoms with E-state index >= 15 is 0 Å². The fourth-order valence-corrected chi connectivity index (χ4v) is 10.00. The van der Waals surface area contributed by atoms with Crippen LogP contribution in [0.4, 0.5) is 0 Å². The summed E-state index contributed by atoms with van der Waals surface area (Å²) < 4.78 is 12.6. The maximum Gasteiger partial charge on any atom is 0.301 e. The summed E-state index contributed by atoms with van der Waals surface area (Å²) in [5.74, 6) is 0. The van der Waals surface area contributed by atoms with Crippen molar-refractivity contribution in [1.29, 1.82) is 0 Å². The first kappa shape index (κ1) is 16.6. The molecule has 0 aromatic carbocycles. The predicted molar refractivity (Wildman–Crippen MR) is 80.3 cm³/mol. The Morgan fingerprint density at radius 1 is 0.812 bits per heavy atom. The van der Waals surface area contributed by atoms with Crippen LogP contribution < -0.4 is 0 Å². The van der Waals surface area contributed by atoms with Crippen molar-refractivity contribution in [2.75, 3.05) is 0 Å². The van der Waals surface area contributed by atoms with Crippen LogP contribution >= 0.6 is 0 Å². The molecule has 5 heteroatoms. The number of rotatable bonds is 5. The Balaban J connectivity index is 4.53. The molecule has 0 radical (unpaired) electrons. The first-order valence-electron chi connectivity index (χ1n) is 6.14. The summed E-state index contributed by atoms with van der Waals surface area (Å²) >= 11 is 0. The van der Waals surface area contributed by atoms with Crippen molar-refractivity contribution < 1.29 is 8.23 Å². The van der Waals surface area contributed by atoms with E-state index < -0.39 is 25.9 Å². The smallest absolute Gasteiger partial charge is 0.301 e. The average molecular weight is 279 g/mol. The van der Waals surface area contributed by atoms with Crippen LogP contribution in [0.2, 0.25) is 45.3 Å². The van der Waals surface area contributed by atoms with Crippen LogP contribution in [0, 0.1) is 5.41 Å². The van der Waals surface area contributed by atoms with Crippen molar-refractivity contribution in [1.82, 2.24) is 0 Å². The Morgan fingerprint density at radius 3 is 1.31 bits per heavy atom. The molecule has 0 fully saturated rings. The molecule has 0 unspecified atom stereocenters. The zero-order chi connectivity index (χ0) is 13.2. The summed E-state index contributed by atoms with van der Waals surface area (Å²) in [5, 5.41) is 0. The summed E-state index contributed by atoms with van der Waals surface area (Å²) in [4.78, 5) is 0. The van der Waals surface area contributed by atoms with Crippen molar-refractivity contribution in [2.24, 2.45) is 5.41 Å². The van der Waals surface area contributed by atoms with Crippen molar-refractivity contribution in [3.63, 3.8) is 0 Å². The average Bonchev–Trinajstić information content (AvgIpc) is 1.70. The van der Waals surface area contributed by atoms with Crippen molar-refractivity contribution in [3.05, 3.63) is 0 Å². The van der Waals surface area contributed by atoms with Gasteiger partial charge in [-0.25, -0.2) is 0 Å². The van der Waals surface area contributed by atoms with Crippen molar-refractivity contribution in [2.45, 2.75) is 66.1 Å². The third-order valence-electron chi connectivity index (χ3n) is 1.75. The molecule has 0 aromatic heterocycles. The summed E-state index contributed by atoms with van der Waals surface area (Å²) in [6.45, 7) is 20.3. The Hall–Kier alpha value is 0.571. The molecule has 0 aliphatic carbocycles. The lowest BCUT2D eigenvalue weighted by Gasteiger charge is -2.34. The van der Waals surface area contributed by atoms with E-state index in [0.29, 0.717) is 5.41 Å². The molecule has 0 aromatic rings. The number of hydrogen-bond donors (Lipinski definition) is 0. The van der Waals surface area contributed by atoms with E-state index in [1.54, 1.807) is 0 Å². The van der Waals surface area contributed by atoms with Crippen molar-refractivity contribution >= 4 is 25.9 Å². The maximum atomic E-state index is 6.28. The monoisotopic (exact) mass is 278 g/mol. The van der Waals surface area contributed by atoms with Crippen LogP contribution in [0.5, 0.6) is 0 Å². The number of hydrogen-bond acceptors (Lipinski definition) is 2. The third-order valence-corrected chi connectivity index (χ3v) is 11.1. The Labute approximate surface area is 106 Å². The van der Waals surface area contributed by atoms with Crippen LogP contribution in [-0.4, -0.2) is 25.9 Å². The first-order valence-corrected chi connectivity index (χ1v) is 14.7. The second-order valence-electron chi connectivity index (χ2n) is 7.65. The van der Waals surface area contributed by atoms with Gasteiger partial charge < -0.3 is 8.23 Å². The highest BCUT2D eigenvalue weighted by atomic mass is 28.4. The first-order chi connectivity index (χ1) is 6.79. The minimum Gasteiger partial charge on any atom is -0.439 e. The van der Waals surface area contributed by atoms with E-state index in [2.05, 4.69) is 60.1 Å². The van der Waals surface area contributed by atoms with Gasteiger partial charge in [0.1, 0.15) is 0 Å². The Morgan fingerprint density at radius 2 is 1.12 bits per heavy atom. The van der Waals surface area contributed by atoms with E-state index in [-0.39, 0.29) is 0 Å². The quantitative estimate of drug-likeness (QED) is 0.709. The summed E-state index contributed by atoms with van der Waals surface area (Å²) in [7, 11) is -4.41. The predicted octanol–water partition coefficient (Wildman–Crippen LogP) is 3.96. The second kappa shape index (κ2) is 5.48. The lowest BCUT2D eigenvalue weighted by atomic mass is 10.0. The highest BCUT2D eigenvalue weighted by Crippen LogP contribution is 2.25. The highest BCUT2D eigenvalue weighted by molar-refractivity contribution is 6.81. The van der Waals surface area contributed by atoms with Crippen LogP contribution in [0.1, 0.15) is 20.8 Å². The molecule has 2 nitrogen and oxygen atoms in total. The molecule has 98 valence electrons. The molecular formula is C11H30O2Si3. The van der Waals surface area contributed by atoms with Gasteiger partial charge in [-0.05, 0) is 50.7 Å². The van der Waals surface area contributed by atoms with Gasteiger partial charge in [0.05, 0.1) is 0 Å². The van der Waals surface area contributed by atoms with E-state index in [4.69, 9.17) is 8.23 Å². The van der Waals surface area contributed by atoms with E-state index in [9.17, 15) is 0 Å². The molecule has 0 amide bonds. The topological polar surface area (TPSA) is 18.5 Å². The largest absolute Gasteiger partial charge is 0.439 e. The molecule has 0 heterocycles. The van der Waals surface area contributed by atoms with Gasteiger partial charge in [-0.15, -0.1) is 0 Å². The van der Waals surface area contributed by atoms with Crippen molar-refractivity contribution in [3.8, 4) is 0 Å². The summed E-state index contributed by atoms with van der Waals surface area (Å²) in [5.41, 5.74) is 0.316. The zero-order valence-corrected chi connectivity index (χ0v) is 15.8. The molecule has 0 N–H and O–H groups in total. The van der Waals surface area contributed by atoms with Gasteiger partial charge in [0.25, 0.3) is 0 Å². The molecule has 0 saturated heterocycles. The lowest BCUT2D eigenvalue weighted by molar-refractivity contribution is 0.366. The van der Waals surface area contributed by atoms with E-state index in [1.165, 1.54) is 0 Å². The van der Waals surface area contributed by atoms with Gasteiger partial charge in [-0.1, -0.05) is 20.8 Å². The minimum absolute atomic E-state index is 0.316. The Bertz CT molecular complexity index is 173. The standard InChI is InChI=1S/C11H30O2Si3/c1-11(2,3)10-14(12-15(4,5)6)13-16(7,8)9/h14H,10H2,1-9H3.